The molecule has 0 fully saturated rings. The normalized spacial score (nSPS) is 14.7. The van der Waals surface area contributed by atoms with Crippen LogP contribution >= 0.6 is 11.3 Å². The summed E-state index contributed by atoms with van der Waals surface area (Å²) in [6, 6.07) is 12.1. The van der Waals surface area contributed by atoms with Crippen LogP contribution in [0.1, 0.15) is 12.5 Å². The number of thiophene rings is 1. The molecule has 1 aromatic heterocycles. The number of aliphatic hydroxyl groups excluding tert-OH is 1. The molecule has 1 heterocycles. The Kier molecular flexibility index (Phi) is 3.10. The van der Waals surface area contributed by atoms with Crippen molar-refractivity contribution in [2.75, 3.05) is 6.61 Å². The summed E-state index contributed by atoms with van der Waals surface area (Å²) in [6.45, 7) is 1.78. The number of hydrogen-bond acceptors (Lipinski definition) is 3. The first-order valence-electron chi connectivity index (χ1n) is 5.17. The van der Waals surface area contributed by atoms with Gasteiger partial charge in [-0.25, -0.2) is 0 Å². The standard InChI is InChI=1S/C13H15NOS/c1-13(14,9-15)11-5-2-4-10(8-11)12-6-3-7-16-12/h2-8,15H,9,14H2,1H3/t13-/m0/s1. The molecule has 0 bridgehead atoms. The summed E-state index contributed by atoms with van der Waals surface area (Å²) in [6.07, 6.45) is 0. The van der Waals surface area contributed by atoms with Crippen LogP contribution in [0, 0.1) is 0 Å². The van der Waals surface area contributed by atoms with E-state index in [1.54, 1.807) is 11.3 Å². The maximum Gasteiger partial charge on any atom is 0.0650 e. The maximum atomic E-state index is 9.25. The molecule has 0 amide bonds. The maximum absolute atomic E-state index is 9.25. The summed E-state index contributed by atoms with van der Waals surface area (Å²) >= 11 is 1.70. The minimum absolute atomic E-state index is 0.0547. The second kappa shape index (κ2) is 4.37. The SMILES string of the molecule is C[C@](N)(CO)c1cccc(-c2cccs2)c1. The van der Waals surface area contributed by atoms with Crippen molar-refractivity contribution in [3.8, 4) is 10.4 Å². The third-order valence-corrected chi connectivity index (χ3v) is 3.58. The van der Waals surface area contributed by atoms with E-state index < -0.39 is 5.54 Å². The molecule has 1 atom stereocenters. The second-order valence-corrected chi connectivity index (χ2v) is 5.08. The van der Waals surface area contributed by atoms with E-state index in [1.807, 2.05) is 31.2 Å². The average Bonchev–Trinajstić information content (AvgIpc) is 2.83. The number of hydrogen-bond donors (Lipinski definition) is 2. The van der Waals surface area contributed by atoms with Crippen molar-refractivity contribution in [3.05, 3.63) is 47.3 Å². The van der Waals surface area contributed by atoms with Crippen molar-refractivity contribution in [2.45, 2.75) is 12.5 Å². The van der Waals surface area contributed by atoms with Crippen molar-refractivity contribution in [2.24, 2.45) is 5.73 Å². The van der Waals surface area contributed by atoms with Crippen LogP contribution in [-0.2, 0) is 5.54 Å². The van der Waals surface area contributed by atoms with E-state index in [-0.39, 0.29) is 6.61 Å². The highest BCUT2D eigenvalue weighted by Crippen LogP contribution is 2.28. The van der Waals surface area contributed by atoms with Gasteiger partial charge in [0.05, 0.1) is 12.1 Å². The van der Waals surface area contributed by atoms with Crippen LogP contribution in [-0.4, -0.2) is 11.7 Å². The van der Waals surface area contributed by atoms with Crippen molar-refractivity contribution in [3.63, 3.8) is 0 Å². The fourth-order valence-electron chi connectivity index (χ4n) is 1.56. The van der Waals surface area contributed by atoms with Crippen LogP contribution in [0.5, 0.6) is 0 Å². The van der Waals surface area contributed by atoms with Crippen molar-refractivity contribution < 1.29 is 5.11 Å². The van der Waals surface area contributed by atoms with Crippen LogP contribution in [0.3, 0.4) is 0 Å². The van der Waals surface area contributed by atoms with Crippen molar-refractivity contribution >= 4 is 11.3 Å². The molecule has 0 saturated heterocycles. The third kappa shape index (κ3) is 2.16. The Labute approximate surface area is 99.4 Å². The largest absolute Gasteiger partial charge is 0.394 e. The summed E-state index contributed by atoms with van der Waals surface area (Å²) in [5, 5.41) is 11.3. The van der Waals surface area contributed by atoms with Gasteiger partial charge in [-0.1, -0.05) is 24.3 Å². The lowest BCUT2D eigenvalue weighted by Gasteiger charge is -2.22. The molecule has 16 heavy (non-hydrogen) atoms. The molecule has 2 rings (SSSR count). The molecule has 3 heteroatoms. The van der Waals surface area contributed by atoms with Crippen LogP contribution in [0.25, 0.3) is 10.4 Å². The molecule has 84 valence electrons. The molecule has 3 N–H and O–H groups in total. The highest BCUT2D eigenvalue weighted by atomic mass is 32.1. The van der Waals surface area contributed by atoms with E-state index in [2.05, 4.69) is 17.5 Å². The summed E-state index contributed by atoms with van der Waals surface area (Å²) in [5.41, 5.74) is 7.45. The van der Waals surface area contributed by atoms with E-state index in [0.29, 0.717) is 0 Å². The summed E-state index contributed by atoms with van der Waals surface area (Å²) in [7, 11) is 0. The first-order valence-corrected chi connectivity index (χ1v) is 6.05. The molecule has 0 radical (unpaired) electrons. The molecule has 0 spiro atoms. The smallest absolute Gasteiger partial charge is 0.0650 e. The van der Waals surface area contributed by atoms with E-state index in [4.69, 9.17) is 5.73 Å². The van der Waals surface area contributed by atoms with Gasteiger partial charge in [0.15, 0.2) is 0 Å². The Morgan fingerprint density at radius 3 is 2.75 bits per heavy atom. The Hall–Kier alpha value is -1.16. The zero-order chi connectivity index (χ0) is 11.6. The van der Waals surface area contributed by atoms with E-state index >= 15 is 0 Å². The summed E-state index contributed by atoms with van der Waals surface area (Å²) in [4.78, 5) is 1.22. The molecule has 0 aliphatic heterocycles. The summed E-state index contributed by atoms with van der Waals surface area (Å²) in [5.74, 6) is 0. The molecule has 1 aromatic carbocycles. The van der Waals surface area contributed by atoms with Crippen molar-refractivity contribution in [1.29, 1.82) is 0 Å². The van der Waals surface area contributed by atoms with Gasteiger partial charge in [0.1, 0.15) is 0 Å². The highest BCUT2D eigenvalue weighted by molar-refractivity contribution is 7.13. The monoisotopic (exact) mass is 233 g/mol. The minimum atomic E-state index is -0.673. The van der Waals surface area contributed by atoms with Crippen LogP contribution in [0.15, 0.2) is 41.8 Å². The van der Waals surface area contributed by atoms with Crippen molar-refractivity contribution in [1.82, 2.24) is 0 Å². The van der Waals surface area contributed by atoms with Gasteiger partial charge in [-0.15, -0.1) is 11.3 Å². The van der Waals surface area contributed by atoms with E-state index in [9.17, 15) is 5.11 Å². The van der Waals surface area contributed by atoms with Gasteiger partial charge < -0.3 is 10.8 Å². The van der Waals surface area contributed by atoms with Gasteiger partial charge in [0.2, 0.25) is 0 Å². The lowest BCUT2D eigenvalue weighted by atomic mass is 9.92. The quantitative estimate of drug-likeness (QED) is 0.856. The highest BCUT2D eigenvalue weighted by Gasteiger charge is 2.20. The first kappa shape index (κ1) is 11.3. The Morgan fingerprint density at radius 2 is 2.12 bits per heavy atom. The lowest BCUT2D eigenvalue weighted by Crippen LogP contribution is -2.36. The molecule has 0 saturated carbocycles. The molecule has 2 aromatic rings. The number of nitrogens with two attached hydrogens (primary N) is 1. The lowest BCUT2D eigenvalue weighted by molar-refractivity contribution is 0.210. The van der Waals surface area contributed by atoms with Crippen LogP contribution in [0.2, 0.25) is 0 Å². The Bertz CT molecular complexity index is 463. The van der Waals surface area contributed by atoms with Gasteiger partial charge in [0.25, 0.3) is 0 Å². The second-order valence-electron chi connectivity index (χ2n) is 4.13. The number of aliphatic hydroxyl groups is 1. The predicted octanol–water partition coefficient (Wildman–Crippen LogP) is 2.58. The van der Waals surface area contributed by atoms with Gasteiger partial charge in [0, 0.05) is 4.88 Å². The molecule has 0 aliphatic rings. The summed E-state index contributed by atoms with van der Waals surface area (Å²) < 4.78 is 0. The fraction of sp³-hybridized carbons (Fsp3) is 0.231. The minimum Gasteiger partial charge on any atom is -0.394 e. The number of rotatable bonds is 3. The Balaban J connectivity index is 2.41. The van der Waals surface area contributed by atoms with Gasteiger partial charge in [-0.2, -0.15) is 0 Å². The molecular formula is C13H15NOS. The average molecular weight is 233 g/mol. The first-order chi connectivity index (χ1) is 7.63. The van der Waals surface area contributed by atoms with Gasteiger partial charge in [-0.3, -0.25) is 0 Å². The predicted molar refractivity (Wildman–Crippen MR) is 68.4 cm³/mol. The number of benzene rings is 1. The fourth-order valence-corrected chi connectivity index (χ4v) is 2.29. The molecule has 0 unspecified atom stereocenters. The molecule has 0 aliphatic carbocycles. The van der Waals surface area contributed by atoms with Crippen LogP contribution in [0.4, 0.5) is 0 Å². The topological polar surface area (TPSA) is 46.2 Å². The van der Waals surface area contributed by atoms with E-state index in [1.165, 1.54) is 4.88 Å². The zero-order valence-electron chi connectivity index (χ0n) is 9.18. The van der Waals surface area contributed by atoms with Gasteiger partial charge >= 0.3 is 0 Å². The molecular weight excluding hydrogens is 218 g/mol. The third-order valence-electron chi connectivity index (χ3n) is 2.66. The molecule has 2 nitrogen and oxygen atoms in total. The zero-order valence-corrected chi connectivity index (χ0v) is 10.00. The van der Waals surface area contributed by atoms with Gasteiger partial charge in [-0.05, 0) is 35.6 Å². The Morgan fingerprint density at radius 1 is 1.31 bits per heavy atom. The van der Waals surface area contributed by atoms with Crippen LogP contribution < -0.4 is 5.73 Å². The van der Waals surface area contributed by atoms with E-state index in [0.717, 1.165) is 11.1 Å².